The van der Waals surface area contributed by atoms with Crippen LogP contribution in [0.4, 0.5) is 5.69 Å². The van der Waals surface area contributed by atoms with Gasteiger partial charge in [0.05, 0.1) is 18.1 Å². The number of halogens is 1. The van der Waals surface area contributed by atoms with E-state index in [4.69, 9.17) is 16.6 Å². The lowest BCUT2D eigenvalue weighted by molar-refractivity contribution is -0.125. The number of amides is 1. The predicted molar refractivity (Wildman–Crippen MR) is 124 cm³/mol. The van der Waals surface area contributed by atoms with Crippen LogP contribution in [-0.2, 0) is 11.3 Å². The summed E-state index contributed by atoms with van der Waals surface area (Å²) in [6.45, 7) is 3.05. The van der Waals surface area contributed by atoms with Crippen LogP contribution in [0.3, 0.4) is 0 Å². The van der Waals surface area contributed by atoms with Crippen molar-refractivity contribution in [2.75, 3.05) is 24.7 Å². The number of nitrogens with zero attached hydrogens (tertiary/aromatic N) is 3. The highest BCUT2D eigenvalue weighted by molar-refractivity contribution is 6.30. The fourth-order valence-corrected chi connectivity index (χ4v) is 4.82. The van der Waals surface area contributed by atoms with Gasteiger partial charge in [-0.2, -0.15) is 0 Å². The molecule has 5 nitrogen and oxygen atoms in total. The molecule has 6 heteroatoms. The second kappa shape index (κ2) is 8.33. The van der Waals surface area contributed by atoms with Gasteiger partial charge in [-0.1, -0.05) is 48.0 Å². The highest BCUT2D eigenvalue weighted by atomic mass is 35.5. The molecule has 0 aliphatic carbocycles. The van der Waals surface area contributed by atoms with Crippen LogP contribution in [-0.4, -0.2) is 41.1 Å². The number of carbonyl (C=O) groups excluding carboxylic acids is 1. The number of nitrogens with one attached hydrogen (secondary N) is 1. The molecule has 1 aromatic heterocycles. The quantitative estimate of drug-likeness (QED) is 0.666. The van der Waals surface area contributed by atoms with E-state index < -0.39 is 5.54 Å². The topological polar surface area (TPSA) is 48.5 Å². The van der Waals surface area contributed by atoms with Gasteiger partial charge in [0.15, 0.2) is 0 Å². The standard InChI is InChI=1S/C25H25ClN4O/c26-20-9-11-22(12-10-20)30-18-27-24(31)25(30)13-15-29(16-14-25)17-21-7-4-8-23(28-21)19-5-2-1-3-6-19/h1-12H,13-18H2,(H,27,31). The maximum atomic E-state index is 12.9. The van der Waals surface area contributed by atoms with Crippen LogP contribution < -0.4 is 10.2 Å². The average Bonchev–Trinajstić information content (AvgIpc) is 3.12. The van der Waals surface area contributed by atoms with Crippen molar-refractivity contribution >= 4 is 23.2 Å². The van der Waals surface area contributed by atoms with Gasteiger partial charge in [-0.05, 0) is 49.2 Å². The average molecular weight is 433 g/mol. The van der Waals surface area contributed by atoms with Crippen molar-refractivity contribution in [3.63, 3.8) is 0 Å². The lowest BCUT2D eigenvalue weighted by atomic mass is 9.85. The Bertz CT molecular complexity index is 1060. The molecule has 2 saturated heterocycles. The molecule has 1 amide bonds. The smallest absolute Gasteiger partial charge is 0.247 e. The minimum atomic E-state index is -0.482. The summed E-state index contributed by atoms with van der Waals surface area (Å²) in [5.41, 5.74) is 3.74. The molecule has 0 unspecified atom stereocenters. The van der Waals surface area contributed by atoms with E-state index >= 15 is 0 Å². The Morgan fingerprint density at radius 1 is 0.935 bits per heavy atom. The molecule has 2 aliphatic rings. The zero-order valence-electron chi connectivity index (χ0n) is 17.3. The van der Waals surface area contributed by atoms with Gasteiger partial charge in [0.2, 0.25) is 5.91 Å². The Morgan fingerprint density at radius 2 is 1.68 bits per heavy atom. The molecule has 0 radical (unpaired) electrons. The molecule has 2 aromatic carbocycles. The Hall–Kier alpha value is -2.89. The van der Waals surface area contributed by atoms with E-state index in [0.29, 0.717) is 11.7 Å². The number of hydrogen-bond acceptors (Lipinski definition) is 4. The molecule has 0 atom stereocenters. The first kappa shape index (κ1) is 20.0. The van der Waals surface area contributed by atoms with Gasteiger partial charge >= 0.3 is 0 Å². The highest BCUT2D eigenvalue weighted by Crippen LogP contribution is 2.37. The Kier molecular flexibility index (Phi) is 5.38. The Balaban J connectivity index is 1.29. The third kappa shape index (κ3) is 3.91. The van der Waals surface area contributed by atoms with E-state index in [9.17, 15) is 4.79 Å². The Morgan fingerprint density at radius 3 is 2.42 bits per heavy atom. The number of rotatable bonds is 4. The van der Waals surface area contributed by atoms with Crippen molar-refractivity contribution < 1.29 is 4.79 Å². The van der Waals surface area contributed by atoms with Gasteiger partial charge in [-0.15, -0.1) is 0 Å². The summed E-state index contributed by atoms with van der Waals surface area (Å²) in [6.07, 6.45) is 1.58. The summed E-state index contributed by atoms with van der Waals surface area (Å²) in [7, 11) is 0. The second-order valence-electron chi connectivity index (χ2n) is 8.26. The first-order valence-electron chi connectivity index (χ1n) is 10.7. The zero-order valence-corrected chi connectivity index (χ0v) is 18.1. The molecule has 158 valence electrons. The number of likely N-dealkylation sites (tertiary alicyclic amines) is 1. The van der Waals surface area contributed by atoms with Crippen molar-refractivity contribution in [2.45, 2.75) is 24.9 Å². The molecule has 1 spiro atoms. The number of hydrogen-bond donors (Lipinski definition) is 1. The van der Waals surface area contributed by atoms with E-state index in [1.54, 1.807) is 0 Å². The molecule has 3 heterocycles. The largest absolute Gasteiger partial charge is 0.339 e. The monoisotopic (exact) mass is 432 g/mol. The SMILES string of the molecule is O=C1NCN(c2ccc(Cl)cc2)C12CCN(Cc1cccc(-c3ccccc3)n1)CC2. The first-order chi connectivity index (χ1) is 15.1. The van der Waals surface area contributed by atoms with Crippen LogP contribution in [0.1, 0.15) is 18.5 Å². The molecule has 5 rings (SSSR count). The summed E-state index contributed by atoms with van der Waals surface area (Å²) in [5.74, 6) is 0.131. The molecule has 31 heavy (non-hydrogen) atoms. The van der Waals surface area contributed by atoms with Crippen LogP contribution in [0, 0.1) is 0 Å². The number of carbonyl (C=O) groups is 1. The van der Waals surface area contributed by atoms with Gasteiger partial charge in [0.1, 0.15) is 5.54 Å². The first-order valence-corrected chi connectivity index (χ1v) is 11.1. The number of benzene rings is 2. The lowest BCUT2D eigenvalue weighted by Crippen LogP contribution is -2.56. The molecular formula is C25H25ClN4O. The molecule has 2 aliphatic heterocycles. The van der Waals surface area contributed by atoms with Gasteiger partial charge in [0.25, 0.3) is 0 Å². The normalized spacial score (nSPS) is 18.4. The third-order valence-electron chi connectivity index (χ3n) is 6.42. The van der Waals surface area contributed by atoms with E-state index in [-0.39, 0.29) is 5.91 Å². The van der Waals surface area contributed by atoms with Crippen molar-refractivity contribution in [1.82, 2.24) is 15.2 Å². The van der Waals surface area contributed by atoms with Gasteiger partial charge in [-0.3, -0.25) is 14.7 Å². The van der Waals surface area contributed by atoms with Crippen LogP contribution in [0.25, 0.3) is 11.3 Å². The summed E-state index contributed by atoms with van der Waals surface area (Å²) in [6, 6.07) is 24.2. The summed E-state index contributed by atoms with van der Waals surface area (Å²) in [5, 5.41) is 3.76. The van der Waals surface area contributed by atoms with Crippen molar-refractivity contribution in [1.29, 1.82) is 0 Å². The maximum Gasteiger partial charge on any atom is 0.247 e. The van der Waals surface area contributed by atoms with Gasteiger partial charge < -0.3 is 10.2 Å². The van der Waals surface area contributed by atoms with Crippen LogP contribution in [0.2, 0.25) is 5.02 Å². The van der Waals surface area contributed by atoms with E-state index in [1.165, 1.54) is 0 Å². The fourth-order valence-electron chi connectivity index (χ4n) is 4.69. The van der Waals surface area contributed by atoms with Crippen LogP contribution >= 0.6 is 11.6 Å². The van der Waals surface area contributed by atoms with Crippen molar-refractivity contribution in [2.24, 2.45) is 0 Å². The van der Waals surface area contributed by atoms with E-state index in [2.05, 4.69) is 45.4 Å². The molecule has 1 N–H and O–H groups in total. The second-order valence-corrected chi connectivity index (χ2v) is 8.69. The third-order valence-corrected chi connectivity index (χ3v) is 6.67. The fraction of sp³-hybridized carbons (Fsp3) is 0.280. The minimum absolute atomic E-state index is 0.131. The zero-order chi connectivity index (χ0) is 21.3. The summed E-state index contributed by atoms with van der Waals surface area (Å²) in [4.78, 5) is 22.3. The van der Waals surface area contributed by atoms with Crippen LogP contribution in [0.15, 0.2) is 72.8 Å². The number of pyridine rings is 1. The van der Waals surface area contributed by atoms with Crippen molar-refractivity contribution in [3.8, 4) is 11.3 Å². The number of piperidine rings is 1. The molecule has 3 aromatic rings. The predicted octanol–water partition coefficient (Wildman–Crippen LogP) is 4.33. The molecule has 0 bridgehead atoms. The highest BCUT2D eigenvalue weighted by Gasteiger charge is 2.50. The molecular weight excluding hydrogens is 408 g/mol. The van der Waals surface area contributed by atoms with Gasteiger partial charge in [-0.25, -0.2) is 0 Å². The summed E-state index contributed by atoms with van der Waals surface area (Å²) < 4.78 is 0. The van der Waals surface area contributed by atoms with E-state index in [0.717, 1.165) is 55.1 Å². The number of aromatic nitrogens is 1. The summed E-state index contributed by atoms with van der Waals surface area (Å²) >= 11 is 6.06. The van der Waals surface area contributed by atoms with E-state index in [1.807, 2.05) is 42.5 Å². The lowest BCUT2D eigenvalue weighted by Gasteiger charge is -2.43. The minimum Gasteiger partial charge on any atom is -0.339 e. The molecule has 2 fully saturated rings. The maximum absolute atomic E-state index is 12.9. The van der Waals surface area contributed by atoms with Gasteiger partial charge in [0, 0.05) is 35.9 Å². The van der Waals surface area contributed by atoms with Crippen molar-refractivity contribution in [3.05, 3.63) is 83.5 Å². The van der Waals surface area contributed by atoms with Crippen LogP contribution in [0.5, 0.6) is 0 Å². The molecule has 0 saturated carbocycles. The number of anilines is 1. The Labute approximate surface area is 187 Å².